The van der Waals surface area contributed by atoms with Gasteiger partial charge in [0.15, 0.2) is 0 Å². The van der Waals surface area contributed by atoms with Gasteiger partial charge in [-0.15, -0.1) is 0 Å². The van der Waals surface area contributed by atoms with E-state index in [1.54, 1.807) is 11.4 Å². The number of rotatable bonds is 3. The van der Waals surface area contributed by atoms with Crippen LogP contribution in [0.2, 0.25) is 0 Å². The highest BCUT2D eigenvalue weighted by atomic mass is 32.9. The molecule has 5 atom stereocenters. The van der Waals surface area contributed by atoms with Crippen LogP contribution in [0.5, 0.6) is 0 Å². The summed E-state index contributed by atoms with van der Waals surface area (Å²) in [5.74, 6) is 0.709. The van der Waals surface area contributed by atoms with Crippen LogP contribution in [0.1, 0.15) is 27.2 Å². The minimum atomic E-state index is -1.39. The summed E-state index contributed by atoms with van der Waals surface area (Å²) in [5.41, 5.74) is -0.128. The minimum Gasteiger partial charge on any atom is -0.389 e. The van der Waals surface area contributed by atoms with E-state index >= 15 is 0 Å². The molecule has 96 valence electrons. The summed E-state index contributed by atoms with van der Waals surface area (Å²) >= 11 is 7.11. The van der Waals surface area contributed by atoms with Crippen LogP contribution in [0.4, 0.5) is 0 Å². The third-order valence-corrected chi connectivity index (χ3v) is 7.33. The van der Waals surface area contributed by atoms with E-state index in [2.05, 4.69) is 34.1 Å². The molecule has 0 aromatic carbocycles. The minimum absolute atomic E-state index is 0.128. The molecule has 0 amide bonds. The van der Waals surface area contributed by atoms with Gasteiger partial charge in [0, 0.05) is 5.24 Å². The van der Waals surface area contributed by atoms with Crippen LogP contribution in [0.3, 0.4) is 0 Å². The Morgan fingerprint density at radius 1 is 1.31 bits per heavy atom. The molecule has 1 heterocycles. The van der Waals surface area contributed by atoms with Gasteiger partial charge in [-0.1, -0.05) is 44.0 Å². The van der Waals surface area contributed by atoms with Gasteiger partial charge in [-0.05, 0) is 31.6 Å². The van der Waals surface area contributed by atoms with Crippen LogP contribution < -0.4 is 0 Å². The van der Waals surface area contributed by atoms with Crippen LogP contribution >= 0.6 is 16.6 Å². The number of aliphatic hydroxyl groups excluding tert-OH is 1. The summed E-state index contributed by atoms with van der Waals surface area (Å²) in [7, 11) is 0. The fraction of sp³-hybridized carbons (Fsp3) is 1.00. The van der Waals surface area contributed by atoms with Crippen molar-refractivity contribution in [1.29, 1.82) is 0 Å². The molecule has 1 aliphatic heterocycles. The van der Waals surface area contributed by atoms with Crippen LogP contribution in [-0.2, 0) is 16.5 Å². The lowest BCUT2D eigenvalue weighted by atomic mass is 9.83. The normalized spacial score (nSPS) is 41.0. The van der Waals surface area contributed by atoms with E-state index in [0.717, 1.165) is 6.42 Å². The first-order valence-corrected chi connectivity index (χ1v) is 11.0. The van der Waals surface area contributed by atoms with Gasteiger partial charge in [0.05, 0.1) is 12.2 Å². The van der Waals surface area contributed by atoms with Crippen molar-refractivity contribution in [2.24, 2.45) is 11.8 Å². The molecule has 1 fully saturated rings. The Morgan fingerprint density at radius 3 is 2.31 bits per heavy atom. The van der Waals surface area contributed by atoms with Crippen molar-refractivity contribution < 1.29 is 9.84 Å². The van der Waals surface area contributed by atoms with Crippen LogP contribution in [-0.4, -0.2) is 36.1 Å². The van der Waals surface area contributed by atoms with Crippen LogP contribution in [0.15, 0.2) is 0 Å². The monoisotopic (exact) mass is 282 g/mol. The van der Waals surface area contributed by atoms with Crippen molar-refractivity contribution in [1.82, 2.24) is 0 Å². The second-order valence-corrected chi connectivity index (χ2v) is 15.0. The first kappa shape index (κ1) is 15.0. The lowest BCUT2D eigenvalue weighted by Gasteiger charge is -2.43. The molecule has 16 heavy (non-hydrogen) atoms. The standard InChI is InChI=1S/C11H23O2PS2/c1-6-9-7(2)8(3)10(12)11(13-9)16-14(4,5)15/h7-12H,6H2,1-5H3/t7-,8?,9?,10-,11?/m0/s1. The Balaban J connectivity index is 2.75. The van der Waals surface area contributed by atoms with Gasteiger partial charge in [0.2, 0.25) is 0 Å². The predicted octanol–water partition coefficient (Wildman–Crippen LogP) is 3.14. The van der Waals surface area contributed by atoms with E-state index in [4.69, 9.17) is 16.5 Å². The molecule has 5 heteroatoms. The zero-order chi connectivity index (χ0) is 12.5. The molecule has 0 radical (unpaired) electrons. The summed E-state index contributed by atoms with van der Waals surface area (Å²) in [6, 6.07) is 0. The number of hydrogen-bond donors (Lipinski definition) is 1. The van der Waals surface area contributed by atoms with Gasteiger partial charge in [-0.2, -0.15) is 0 Å². The van der Waals surface area contributed by atoms with E-state index in [1.165, 1.54) is 0 Å². The molecule has 1 aliphatic rings. The molecule has 0 aromatic rings. The third-order valence-electron chi connectivity index (χ3n) is 3.30. The molecule has 1 N–H and O–H groups in total. The van der Waals surface area contributed by atoms with Gasteiger partial charge >= 0.3 is 0 Å². The molecular weight excluding hydrogens is 259 g/mol. The van der Waals surface area contributed by atoms with Gasteiger partial charge in [0.25, 0.3) is 0 Å². The SMILES string of the molecule is CCC1OC(SP(C)(C)=S)[C@@H](O)C(C)[C@@H]1C. The van der Waals surface area contributed by atoms with E-state index in [9.17, 15) is 5.11 Å². The predicted molar refractivity (Wildman–Crippen MR) is 77.0 cm³/mol. The second kappa shape index (κ2) is 5.71. The Kier molecular flexibility index (Phi) is 5.34. The van der Waals surface area contributed by atoms with Gasteiger partial charge in [-0.3, -0.25) is 0 Å². The summed E-state index contributed by atoms with van der Waals surface area (Å²) in [6.45, 7) is 10.6. The van der Waals surface area contributed by atoms with E-state index in [-0.39, 0.29) is 23.6 Å². The van der Waals surface area contributed by atoms with Crippen molar-refractivity contribution >= 4 is 28.4 Å². The molecule has 1 saturated heterocycles. The molecule has 0 aliphatic carbocycles. The van der Waals surface area contributed by atoms with Crippen molar-refractivity contribution in [3.8, 4) is 0 Å². The van der Waals surface area contributed by atoms with Crippen molar-refractivity contribution in [3.05, 3.63) is 0 Å². The maximum atomic E-state index is 10.2. The lowest BCUT2D eigenvalue weighted by Crippen LogP contribution is -2.47. The third kappa shape index (κ3) is 3.71. The zero-order valence-electron chi connectivity index (χ0n) is 10.7. The Bertz CT molecular complexity index is 277. The second-order valence-electron chi connectivity index (χ2n) is 5.02. The molecule has 0 saturated carbocycles. The summed E-state index contributed by atoms with van der Waals surface area (Å²) in [4.78, 5) is 0. The number of ether oxygens (including phenoxy) is 1. The van der Waals surface area contributed by atoms with Crippen LogP contribution in [0.25, 0.3) is 0 Å². The first-order valence-electron chi connectivity index (χ1n) is 5.83. The zero-order valence-corrected chi connectivity index (χ0v) is 13.2. The van der Waals surface area contributed by atoms with Gasteiger partial charge in [0.1, 0.15) is 5.44 Å². The fourth-order valence-corrected chi connectivity index (χ4v) is 5.93. The highest BCUT2D eigenvalue weighted by Crippen LogP contribution is 2.56. The maximum Gasteiger partial charge on any atom is 0.134 e. The number of aliphatic hydroxyl groups is 1. The highest BCUT2D eigenvalue weighted by molar-refractivity contribution is 8.70. The molecule has 2 nitrogen and oxygen atoms in total. The molecule has 0 spiro atoms. The summed E-state index contributed by atoms with van der Waals surface area (Å²) in [5, 5.41) is 8.82. The number of hydrogen-bond acceptors (Lipinski definition) is 4. The average Bonchev–Trinajstić information content (AvgIpc) is 2.17. The van der Waals surface area contributed by atoms with Crippen molar-refractivity contribution in [2.75, 3.05) is 13.3 Å². The molecular formula is C11H23O2PS2. The topological polar surface area (TPSA) is 29.5 Å². The maximum absolute atomic E-state index is 10.2. The average molecular weight is 282 g/mol. The van der Waals surface area contributed by atoms with Crippen molar-refractivity contribution in [3.63, 3.8) is 0 Å². The summed E-state index contributed by atoms with van der Waals surface area (Å²) < 4.78 is 5.98. The van der Waals surface area contributed by atoms with Gasteiger partial charge in [-0.25, -0.2) is 0 Å². The lowest BCUT2D eigenvalue weighted by molar-refractivity contribution is -0.132. The highest BCUT2D eigenvalue weighted by Gasteiger charge is 2.40. The summed E-state index contributed by atoms with van der Waals surface area (Å²) in [6.07, 6.45) is 0.883. The molecule has 0 aromatic heterocycles. The van der Waals surface area contributed by atoms with E-state index < -0.39 is 5.24 Å². The molecule has 1 rings (SSSR count). The van der Waals surface area contributed by atoms with Crippen molar-refractivity contribution in [2.45, 2.75) is 44.8 Å². The van der Waals surface area contributed by atoms with E-state index in [0.29, 0.717) is 5.92 Å². The molecule has 3 unspecified atom stereocenters. The largest absolute Gasteiger partial charge is 0.389 e. The smallest absolute Gasteiger partial charge is 0.134 e. The Morgan fingerprint density at radius 2 is 1.88 bits per heavy atom. The van der Waals surface area contributed by atoms with Gasteiger partial charge < -0.3 is 9.84 Å². The van der Waals surface area contributed by atoms with Crippen LogP contribution in [0, 0.1) is 11.8 Å². The molecule has 0 bridgehead atoms. The first-order chi connectivity index (χ1) is 7.26. The Hall–Kier alpha value is 0.920. The Labute approximate surface area is 108 Å². The van der Waals surface area contributed by atoms with E-state index in [1.807, 2.05) is 0 Å². The fourth-order valence-electron chi connectivity index (χ4n) is 2.08. The quantitative estimate of drug-likeness (QED) is 0.805.